The molecule has 8 rings (SSSR count). The van der Waals surface area contributed by atoms with E-state index in [1.807, 2.05) is 67.1 Å². The Hall–Kier alpha value is -6.26. The zero-order chi connectivity index (χ0) is 49.5. The van der Waals surface area contributed by atoms with Crippen molar-refractivity contribution in [3.63, 3.8) is 0 Å². The number of imidazole rings is 1. The second-order valence-corrected chi connectivity index (χ2v) is 22.3. The summed E-state index contributed by atoms with van der Waals surface area (Å²) in [5.74, 6) is 0.560. The van der Waals surface area contributed by atoms with Crippen molar-refractivity contribution in [2.24, 2.45) is 0 Å². The van der Waals surface area contributed by atoms with Crippen LogP contribution in [0.25, 0.3) is 72.7 Å². The van der Waals surface area contributed by atoms with Gasteiger partial charge in [-0.15, -0.1) is 0 Å². The SMILES string of the molecule is [2H]C([2H])([2H])c1cc(-c2cc(C(C)(C)C)cc(C(C)(C)C)c2)ccc1-n1c(-c2cc(C)cc(C)c2O)nc2c(-c3cc(-c4cc(-c5ccc(C(C)(C)C)cc5)ccn4)cc(C(C)(C)C)c3)cccc21. The molecule has 0 amide bonds. The highest BCUT2D eigenvalue weighted by atomic mass is 16.3. The van der Waals surface area contributed by atoms with E-state index in [0.29, 0.717) is 28.2 Å². The molecule has 2 heterocycles. The molecule has 65 heavy (non-hydrogen) atoms. The summed E-state index contributed by atoms with van der Waals surface area (Å²) in [6, 6.07) is 42.1. The van der Waals surface area contributed by atoms with Crippen LogP contribution in [0, 0.1) is 20.7 Å². The number of para-hydroxylation sites is 1. The van der Waals surface area contributed by atoms with Crippen LogP contribution in [0.5, 0.6) is 5.75 Å². The molecule has 332 valence electrons. The van der Waals surface area contributed by atoms with E-state index >= 15 is 0 Å². The summed E-state index contributed by atoms with van der Waals surface area (Å²) in [6.07, 6.45) is 1.88. The Morgan fingerprint density at radius 3 is 1.71 bits per heavy atom. The number of nitrogens with zero attached hydrogens (tertiary/aromatic N) is 3. The number of phenols is 1. The molecule has 0 saturated carbocycles. The first kappa shape index (κ1) is 41.4. The van der Waals surface area contributed by atoms with E-state index in [0.717, 1.165) is 61.3 Å². The molecule has 0 atom stereocenters. The summed E-state index contributed by atoms with van der Waals surface area (Å²) in [5.41, 5.74) is 16.4. The van der Waals surface area contributed by atoms with Crippen LogP contribution >= 0.6 is 0 Å². The fourth-order valence-corrected chi connectivity index (χ4v) is 8.75. The molecule has 0 fully saturated rings. The molecule has 0 unspecified atom stereocenters. The van der Waals surface area contributed by atoms with Crippen LogP contribution in [-0.4, -0.2) is 19.6 Å². The van der Waals surface area contributed by atoms with Crippen LogP contribution in [0.1, 0.15) is 126 Å². The van der Waals surface area contributed by atoms with Crippen molar-refractivity contribution in [3.05, 3.63) is 166 Å². The minimum Gasteiger partial charge on any atom is -0.507 e. The van der Waals surface area contributed by atoms with Crippen molar-refractivity contribution in [1.82, 2.24) is 14.5 Å². The number of rotatable bonds is 6. The highest BCUT2D eigenvalue weighted by Gasteiger charge is 2.25. The Bertz CT molecular complexity index is 3180. The van der Waals surface area contributed by atoms with Crippen molar-refractivity contribution in [2.75, 3.05) is 0 Å². The number of aromatic hydroxyl groups is 1. The van der Waals surface area contributed by atoms with E-state index in [-0.39, 0.29) is 33.0 Å². The minimum absolute atomic E-state index is 0.0583. The molecule has 2 aromatic heterocycles. The Kier molecular flexibility index (Phi) is 10.4. The Morgan fingerprint density at radius 2 is 1.08 bits per heavy atom. The predicted octanol–water partition coefficient (Wildman–Crippen LogP) is 16.6. The standard InChI is InChI=1S/C61H67N3O/c1-37-27-39(3)56(65)51(28-37)57-63-55-50(44-30-45(34-47(33-44)59(7,8)9)52-35-42(25-26-62-52)40-19-22-46(23-20-40)58(4,5)6)17-16-18-54(55)64(57)53-24-21-41(29-38(53)2)43-31-48(60(10,11)12)36-49(32-43)61(13,14)15/h16-36,65H,1-15H3/i2D3. The van der Waals surface area contributed by atoms with Gasteiger partial charge in [-0.2, -0.15) is 0 Å². The largest absolute Gasteiger partial charge is 0.507 e. The molecule has 6 aromatic carbocycles. The number of aryl methyl sites for hydroxylation is 3. The van der Waals surface area contributed by atoms with Gasteiger partial charge >= 0.3 is 0 Å². The lowest BCUT2D eigenvalue weighted by atomic mass is 9.79. The monoisotopic (exact) mass is 861 g/mol. The maximum atomic E-state index is 11.8. The molecule has 0 spiro atoms. The highest BCUT2D eigenvalue weighted by Crippen LogP contribution is 2.43. The third-order valence-electron chi connectivity index (χ3n) is 12.9. The summed E-state index contributed by atoms with van der Waals surface area (Å²) < 4.78 is 29.1. The third-order valence-corrected chi connectivity index (χ3v) is 12.9. The van der Waals surface area contributed by atoms with Crippen LogP contribution < -0.4 is 0 Å². The minimum atomic E-state index is -2.50. The Labute approximate surface area is 392 Å². The lowest BCUT2D eigenvalue weighted by molar-refractivity contribution is 0.472. The molecular weight excluding hydrogens is 791 g/mol. The summed E-state index contributed by atoms with van der Waals surface area (Å²) in [7, 11) is 0. The van der Waals surface area contributed by atoms with Gasteiger partial charge in [-0.25, -0.2) is 4.98 Å². The maximum Gasteiger partial charge on any atom is 0.149 e. The van der Waals surface area contributed by atoms with Gasteiger partial charge in [-0.3, -0.25) is 9.55 Å². The molecular formula is C61H67N3O. The topological polar surface area (TPSA) is 50.9 Å². The van der Waals surface area contributed by atoms with Crippen molar-refractivity contribution in [3.8, 4) is 67.5 Å². The third kappa shape index (κ3) is 9.06. The van der Waals surface area contributed by atoms with E-state index < -0.39 is 6.85 Å². The summed E-state index contributed by atoms with van der Waals surface area (Å²) >= 11 is 0. The quantitative estimate of drug-likeness (QED) is 0.181. The number of aromatic nitrogens is 3. The van der Waals surface area contributed by atoms with Crippen molar-refractivity contribution < 1.29 is 9.22 Å². The first-order valence-corrected chi connectivity index (χ1v) is 22.9. The lowest BCUT2D eigenvalue weighted by Gasteiger charge is -2.26. The molecule has 0 bridgehead atoms. The maximum absolute atomic E-state index is 11.8. The van der Waals surface area contributed by atoms with Crippen LogP contribution in [0.4, 0.5) is 0 Å². The second-order valence-electron chi connectivity index (χ2n) is 22.3. The van der Waals surface area contributed by atoms with E-state index in [1.165, 1.54) is 16.7 Å². The molecule has 1 N–H and O–H groups in total. The van der Waals surface area contributed by atoms with E-state index in [2.05, 4.69) is 162 Å². The highest BCUT2D eigenvalue weighted by molar-refractivity contribution is 5.97. The van der Waals surface area contributed by atoms with Gasteiger partial charge in [0, 0.05) is 21.4 Å². The lowest BCUT2D eigenvalue weighted by Crippen LogP contribution is -2.16. The zero-order valence-electron chi connectivity index (χ0n) is 43.9. The number of phenolic OH excluding ortho intramolecular Hbond substituents is 1. The smallest absolute Gasteiger partial charge is 0.149 e. The second kappa shape index (κ2) is 16.3. The molecule has 8 aromatic rings. The summed E-state index contributed by atoms with van der Waals surface area (Å²) in [6.45, 7) is 28.0. The number of fused-ring (bicyclic) bond motifs is 1. The van der Waals surface area contributed by atoms with E-state index in [9.17, 15) is 5.11 Å². The molecule has 4 heteroatoms. The van der Waals surface area contributed by atoms with Crippen molar-refractivity contribution >= 4 is 11.0 Å². The molecule has 0 aliphatic rings. The normalized spacial score (nSPS) is 13.5. The Balaban J connectivity index is 1.37. The van der Waals surface area contributed by atoms with E-state index in [1.54, 1.807) is 0 Å². The van der Waals surface area contributed by atoms with Gasteiger partial charge in [0.15, 0.2) is 0 Å². The van der Waals surface area contributed by atoms with Crippen molar-refractivity contribution in [1.29, 1.82) is 0 Å². The van der Waals surface area contributed by atoms with Gasteiger partial charge in [0.05, 0.1) is 28.0 Å². The van der Waals surface area contributed by atoms with Gasteiger partial charge in [0.1, 0.15) is 11.6 Å². The summed E-state index contributed by atoms with van der Waals surface area (Å²) in [4.78, 5) is 10.4. The fraction of sp³-hybridized carbons (Fsp3) is 0.311. The summed E-state index contributed by atoms with van der Waals surface area (Å²) in [5, 5.41) is 11.8. The average molecular weight is 861 g/mol. The first-order chi connectivity index (χ1) is 31.6. The molecule has 0 aliphatic heterocycles. The molecule has 0 saturated heterocycles. The van der Waals surface area contributed by atoms with E-state index in [4.69, 9.17) is 14.1 Å². The first-order valence-electron chi connectivity index (χ1n) is 24.4. The van der Waals surface area contributed by atoms with Gasteiger partial charge in [0.2, 0.25) is 0 Å². The number of pyridine rings is 1. The number of benzene rings is 6. The van der Waals surface area contributed by atoms with Crippen LogP contribution in [0.2, 0.25) is 0 Å². The van der Waals surface area contributed by atoms with Gasteiger partial charge in [-0.1, -0.05) is 156 Å². The van der Waals surface area contributed by atoms with Gasteiger partial charge in [-0.05, 0) is 158 Å². The molecule has 0 radical (unpaired) electrons. The predicted molar refractivity (Wildman–Crippen MR) is 277 cm³/mol. The van der Waals surface area contributed by atoms with Crippen molar-refractivity contribution in [2.45, 2.75) is 125 Å². The van der Waals surface area contributed by atoms with Crippen LogP contribution in [0.15, 0.2) is 128 Å². The van der Waals surface area contributed by atoms with Gasteiger partial charge in [0.25, 0.3) is 0 Å². The van der Waals surface area contributed by atoms with Gasteiger partial charge < -0.3 is 5.11 Å². The zero-order valence-corrected chi connectivity index (χ0v) is 40.9. The number of hydrogen-bond donors (Lipinski definition) is 1. The Morgan fingerprint density at radius 1 is 0.492 bits per heavy atom. The fourth-order valence-electron chi connectivity index (χ4n) is 8.75. The average Bonchev–Trinajstić information content (AvgIpc) is 3.65. The molecule has 0 aliphatic carbocycles. The van der Waals surface area contributed by atoms with Crippen LogP contribution in [0.3, 0.4) is 0 Å². The number of hydrogen-bond acceptors (Lipinski definition) is 3. The van der Waals surface area contributed by atoms with Crippen LogP contribution in [-0.2, 0) is 21.7 Å². The molecule has 4 nitrogen and oxygen atoms in total.